The molecule has 1 aromatic rings. The first-order chi connectivity index (χ1) is 12.3. The monoisotopic (exact) mass is 400 g/mol. The zero-order valence-corrected chi connectivity index (χ0v) is 15.5. The summed E-state index contributed by atoms with van der Waals surface area (Å²) in [5, 5.41) is 20.3. The molecule has 142 valence electrons. The molecular weight excluding hydrogens is 380 g/mol. The van der Waals surface area contributed by atoms with Gasteiger partial charge in [-0.15, -0.1) is 0 Å². The number of thioether (sulfide) groups is 1. The predicted octanol–water partition coefficient (Wildman–Crippen LogP) is 0.807. The van der Waals surface area contributed by atoms with Crippen LogP contribution in [0.3, 0.4) is 0 Å². The van der Waals surface area contributed by atoms with Crippen LogP contribution in [0.4, 0.5) is 0 Å². The van der Waals surface area contributed by atoms with Crippen molar-refractivity contribution < 1.29 is 24.6 Å². The quantitative estimate of drug-likeness (QED) is 0.237. The van der Waals surface area contributed by atoms with Gasteiger partial charge in [0.05, 0.1) is 6.42 Å². The minimum atomic E-state index is -1.04. The van der Waals surface area contributed by atoms with Gasteiger partial charge in [-0.1, -0.05) is 12.2 Å². The molecule has 0 fully saturated rings. The molecule has 0 aliphatic carbocycles. The summed E-state index contributed by atoms with van der Waals surface area (Å²) in [4.78, 5) is 41.5. The number of carbonyl (C=O) groups is 3. The maximum absolute atomic E-state index is 11.8. The molecule has 1 aromatic heterocycles. The molecule has 0 radical (unpaired) electrons. The maximum Gasteiger partial charge on any atom is 0.320 e. The molecule has 0 amide bonds. The molecule has 0 saturated carbocycles. The van der Waals surface area contributed by atoms with E-state index in [1.165, 1.54) is 12.4 Å². The van der Waals surface area contributed by atoms with E-state index in [2.05, 4.69) is 15.3 Å². The second kappa shape index (κ2) is 11.5. The van der Waals surface area contributed by atoms with E-state index in [0.29, 0.717) is 41.5 Å². The van der Waals surface area contributed by atoms with Crippen LogP contribution in [0.15, 0.2) is 17.4 Å². The first-order valence-electron chi connectivity index (χ1n) is 7.81. The SMILES string of the molecule is N[C@@H](CCCCNC(=S)c1nccnc1SC(=O)CCC(=O)O)C(=O)O. The van der Waals surface area contributed by atoms with Gasteiger partial charge in [-0.25, -0.2) is 9.97 Å². The molecule has 0 aliphatic heterocycles. The number of carboxylic acid groups (broad SMARTS) is 2. The number of unbranched alkanes of at least 4 members (excludes halogenated alkanes) is 1. The Kier molecular flexibility index (Phi) is 9.70. The van der Waals surface area contributed by atoms with Crippen molar-refractivity contribution in [3.05, 3.63) is 18.1 Å². The largest absolute Gasteiger partial charge is 0.481 e. The number of hydrogen-bond acceptors (Lipinski definition) is 8. The van der Waals surface area contributed by atoms with Crippen LogP contribution in [0, 0.1) is 0 Å². The van der Waals surface area contributed by atoms with Crippen LogP contribution >= 0.6 is 24.0 Å². The third-order valence-corrected chi connectivity index (χ3v) is 4.44. The standard InChI is InChI=1S/C15H20N4O5S2/c16-9(15(23)24)3-1-2-6-18-13(25)12-14(19-8-7-17-12)26-11(22)5-4-10(20)21/h7-9H,1-6,16H2,(H,18,25)(H,20,21)(H,23,24)/t9-/m0/s1. The molecular formula is C15H20N4O5S2. The fourth-order valence-electron chi connectivity index (χ4n) is 1.82. The minimum absolute atomic E-state index is 0.111. The number of hydrogen-bond donors (Lipinski definition) is 4. The second-order valence-electron chi connectivity index (χ2n) is 5.27. The third kappa shape index (κ3) is 8.32. The van der Waals surface area contributed by atoms with Gasteiger partial charge in [-0.2, -0.15) is 0 Å². The van der Waals surface area contributed by atoms with Crippen LogP contribution in [0.5, 0.6) is 0 Å². The van der Waals surface area contributed by atoms with Crippen LogP contribution in [-0.2, 0) is 14.4 Å². The summed E-state index contributed by atoms with van der Waals surface area (Å²) in [6, 6.07) is -0.873. The fraction of sp³-hybridized carbons (Fsp3) is 0.467. The van der Waals surface area contributed by atoms with Crippen molar-refractivity contribution in [2.45, 2.75) is 43.2 Å². The van der Waals surface area contributed by atoms with E-state index in [0.717, 1.165) is 11.8 Å². The molecule has 11 heteroatoms. The van der Waals surface area contributed by atoms with E-state index in [1.54, 1.807) is 0 Å². The number of rotatable bonds is 11. The first-order valence-corrected chi connectivity index (χ1v) is 9.03. The Labute approximate surface area is 159 Å². The smallest absolute Gasteiger partial charge is 0.320 e. The van der Waals surface area contributed by atoms with Gasteiger partial charge in [0.1, 0.15) is 21.8 Å². The lowest BCUT2D eigenvalue weighted by molar-refractivity contribution is -0.139. The van der Waals surface area contributed by atoms with E-state index in [-0.39, 0.29) is 18.0 Å². The van der Waals surface area contributed by atoms with Crippen LogP contribution in [0.25, 0.3) is 0 Å². The molecule has 0 aromatic carbocycles. The lowest BCUT2D eigenvalue weighted by Gasteiger charge is -2.10. The minimum Gasteiger partial charge on any atom is -0.481 e. The number of thiocarbonyl (C=S) groups is 1. The number of carbonyl (C=O) groups excluding carboxylic acids is 1. The first kappa shape index (κ1) is 21.9. The zero-order chi connectivity index (χ0) is 19.5. The van der Waals surface area contributed by atoms with Crippen LogP contribution in [0.1, 0.15) is 37.8 Å². The van der Waals surface area contributed by atoms with Gasteiger partial charge in [0.2, 0.25) is 0 Å². The van der Waals surface area contributed by atoms with Gasteiger partial charge >= 0.3 is 11.9 Å². The van der Waals surface area contributed by atoms with Crippen molar-refractivity contribution in [3.63, 3.8) is 0 Å². The predicted molar refractivity (Wildman–Crippen MR) is 98.9 cm³/mol. The van der Waals surface area contributed by atoms with E-state index >= 15 is 0 Å². The fourth-order valence-corrected chi connectivity index (χ4v) is 2.92. The van der Waals surface area contributed by atoms with Gasteiger partial charge in [0.15, 0.2) is 5.12 Å². The van der Waals surface area contributed by atoms with Gasteiger partial charge in [-0.05, 0) is 31.0 Å². The zero-order valence-electron chi connectivity index (χ0n) is 13.9. The Morgan fingerprint density at radius 3 is 2.54 bits per heavy atom. The highest BCUT2D eigenvalue weighted by molar-refractivity contribution is 8.13. The van der Waals surface area contributed by atoms with Crippen molar-refractivity contribution in [1.29, 1.82) is 0 Å². The summed E-state index contributed by atoms with van der Waals surface area (Å²) < 4.78 is 0. The highest BCUT2D eigenvalue weighted by Crippen LogP contribution is 2.21. The lowest BCUT2D eigenvalue weighted by Crippen LogP contribution is -2.30. The van der Waals surface area contributed by atoms with Crippen LogP contribution < -0.4 is 11.1 Å². The molecule has 1 heterocycles. The third-order valence-electron chi connectivity index (χ3n) is 3.18. The number of aromatic nitrogens is 2. The molecule has 5 N–H and O–H groups in total. The summed E-state index contributed by atoms with van der Waals surface area (Å²) in [5.41, 5.74) is 5.77. The van der Waals surface area contributed by atoms with Gasteiger partial charge < -0.3 is 21.3 Å². The molecule has 0 spiro atoms. The summed E-state index contributed by atoms with van der Waals surface area (Å²) >= 11 is 6.06. The Hall–Kier alpha value is -2.11. The van der Waals surface area contributed by atoms with Crippen molar-refractivity contribution in [3.8, 4) is 0 Å². The number of nitrogens with two attached hydrogens (primary N) is 1. The average Bonchev–Trinajstić information content (AvgIpc) is 2.59. The van der Waals surface area contributed by atoms with E-state index < -0.39 is 18.0 Å². The molecule has 1 atom stereocenters. The van der Waals surface area contributed by atoms with Crippen molar-refractivity contribution in [2.24, 2.45) is 5.73 Å². The summed E-state index contributed by atoms with van der Waals surface area (Å²) in [6.07, 6.45) is 4.17. The maximum atomic E-state index is 11.8. The van der Waals surface area contributed by atoms with E-state index in [9.17, 15) is 14.4 Å². The van der Waals surface area contributed by atoms with Gasteiger partial charge in [0.25, 0.3) is 0 Å². The number of nitrogens with zero attached hydrogens (tertiary/aromatic N) is 2. The Morgan fingerprint density at radius 1 is 1.19 bits per heavy atom. The summed E-state index contributed by atoms with van der Waals surface area (Å²) in [7, 11) is 0. The van der Waals surface area contributed by atoms with E-state index in [1.807, 2.05) is 0 Å². The normalized spacial score (nSPS) is 11.6. The number of nitrogens with one attached hydrogen (secondary N) is 1. The lowest BCUT2D eigenvalue weighted by atomic mass is 10.1. The second-order valence-corrected chi connectivity index (χ2v) is 6.73. The van der Waals surface area contributed by atoms with Gasteiger partial charge in [-0.3, -0.25) is 14.4 Å². The number of aliphatic carboxylic acids is 2. The molecule has 0 saturated heterocycles. The highest BCUT2D eigenvalue weighted by Gasteiger charge is 2.16. The Bertz CT molecular complexity index is 671. The van der Waals surface area contributed by atoms with Crippen LogP contribution in [-0.4, -0.2) is 54.8 Å². The molecule has 26 heavy (non-hydrogen) atoms. The number of carboxylic acids is 2. The summed E-state index contributed by atoms with van der Waals surface area (Å²) in [6.45, 7) is 0.499. The molecule has 0 unspecified atom stereocenters. The highest BCUT2D eigenvalue weighted by atomic mass is 32.2. The van der Waals surface area contributed by atoms with Crippen LogP contribution in [0.2, 0.25) is 0 Å². The molecule has 9 nitrogen and oxygen atoms in total. The summed E-state index contributed by atoms with van der Waals surface area (Å²) in [5.74, 6) is -2.07. The Balaban J connectivity index is 2.50. The average molecular weight is 400 g/mol. The van der Waals surface area contributed by atoms with Crippen molar-refractivity contribution in [2.75, 3.05) is 6.54 Å². The van der Waals surface area contributed by atoms with Crippen molar-refractivity contribution >= 4 is 46.0 Å². The Morgan fingerprint density at radius 2 is 1.88 bits per heavy atom. The van der Waals surface area contributed by atoms with E-state index in [4.69, 9.17) is 28.2 Å². The molecule has 0 bridgehead atoms. The van der Waals surface area contributed by atoms with Crippen molar-refractivity contribution in [1.82, 2.24) is 15.3 Å². The molecule has 0 aliphatic rings. The topological polar surface area (TPSA) is 156 Å². The van der Waals surface area contributed by atoms with Gasteiger partial charge in [0, 0.05) is 25.4 Å². The molecule has 1 rings (SSSR count).